The number of nitrogens with zero attached hydrogens (tertiary/aromatic N) is 2. The lowest BCUT2D eigenvalue weighted by Crippen LogP contribution is -2.45. The molecule has 3 rings (SSSR count). The van der Waals surface area contributed by atoms with E-state index in [2.05, 4.69) is 10.3 Å². The van der Waals surface area contributed by atoms with Crippen molar-refractivity contribution in [3.63, 3.8) is 0 Å². The fourth-order valence-electron chi connectivity index (χ4n) is 3.41. The van der Waals surface area contributed by atoms with Crippen LogP contribution in [0.3, 0.4) is 0 Å². The van der Waals surface area contributed by atoms with E-state index < -0.39 is 15.8 Å². The zero-order valence-electron chi connectivity index (χ0n) is 16.4. The second-order valence-electron chi connectivity index (χ2n) is 7.29. The molecule has 0 aliphatic carbocycles. The summed E-state index contributed by atoms with van der Waals surface area (Å²) in [5.74, 6) is -0.945. The number of carbonyl (C=O) groups excluding carboxylic acids is 1. The summed E-state index contributed by atoms with van der Waals surface area (Å²) in [5.41, 5.74) is 1.04. The highest BCUT2D eigenvalue weighted by molar-refractivity contribution is 7.89. The second kappa shape index (κ2) is 9.77. The van der Waals surface area contributed by atoms with E-state index in [1.54, 1.807) is 11.3 Å². The highest BCUT2D eigenvalue weighted by Gasteiger charge is 2.33. The molecule has 1 saturated heterocycles. The molecule has 9 heteroatoms. The maximum atomic E-state index is 13.1. The molecule has 1 aromatic carbocycles. The van der Waals surface area contributed by atoms with Crippen molar-refractivity contribution in [2.24, 2.45) is 5.92 Å². The van der Waals surface area contributed by atoms with E-state index in [0.29, 0.717) is 25.9 Å². The van der Waals surface area contributed by atoms with E-state index in [1.165, 1.54) is 16.4 Å². The van der Waals surface area contributed by atoms with Gasteiger partial charge in [-0.05, 0) is 63.3 Å². The number of thiazole rings is 1. The van der Waals surface area contributed by atoms with E-state index in [-0.39, 0.29) is 23.3 Å². The Morgan fingerprint density at radius 2 is 2.07 bits per heavy atom. The first-order valence-electron chi connectivity index (χ1n) is 9.80. The Hall–Kier alpha value is -1.84. The van der Waals surface area contributed by atoms with Gasteiger partial charge in [-0.3, -0.25) is 4.79 Å². The molecule has 1 amide bonds. The quantitative estimate of drug-likeness (QED) is 0.641. The molecule has 0 radical (unpaired) electrons. The number of piperidine rings is 1. The number of rotatable bonds is 8. The number of hydrogen-bond donors (Lipinski definition) is 1. The Bertz CT molecular complexity index is 929. The van der Waals surface area contributed by atoms with Gasteiger partial charge in [-0.25, -0.2) is 17.8 Å². The van der Waals surface area contributed by atoms with Gasteiger partial charge < -0.3 is 5.32 Å². The van der Waals surface area contributed by atoms with Gasteiger partial charge in [0.25, 0.3) is 0 Å². The first kappa shape index (κ1) is 21.9. The molecule has 1 N–H and O–H groups in total. The normalized spacial score (nSPS) is 17.9. The van der Waals surface area contributed by atoms with Crippen molar-refractivity contribution < 1.29 is 17.6 Å². The largest absolute Gasteiger partial charge is 0.356 e. The second-order valence-corrected chi connectivity index (χ2v) is 10.2. The van der Waals surface area contributed by atoms with Gasteiger partial charge in [-0.1, -0.05) is 0 Å². The smallest absolute Gasteiger partial charge is 0.243 e. The minimum atomic E-state index is -3.72. The fourth-order valence-corrected chi connectivity index (χ4v) is 5.75. The summed E-state index contributed by atoms with van der Waals surface area (Å²) in [7, 11) is -3.72. The molecule has 1 atom stereocenters. The topological polar surface area (TPSA) is 79.4 Å². The summed E-state index contributed by atoms with van der Waals surface area (Å²) in [5, 5.41) is 6.08. The molecule has 158 valence electrons. The van der Waals surface area contributed by atoms with E-state index >= 15 is 0 Å². The SMILES string of the molecule is Cc1csc(CCCCNC(=O)C2CCCN(S(=O)(=O)c3ccc(F)cc3)C2)n1. The molecule has 1 aliphatic rings. The third-order valence-corrected chi connectivity index (χ3v) is 7.90. The van der Waals surface area contributed by atoms with Crippen LogP contribution in [0.25, 0.3) is 0 Å². The monoisotopic (exact) mass is 439 g/mol. The highest BCUT2D eigenvalue weighted by Crippen LogP contribution is 2.24. The molecule has 29 heavy (non-hydrogen) atoms. The molecule has 0 spiro atoms. The minimum absolute atomic E-state index is 0.0531. The van der Waals surface area contributed by atoms with Crippen LogP contribution in [0.2, 0.25) is 0 Å². The zero-order valence-corrected chi connectivity index (χ0v) is 18.1. The standard InChI is InChI=1S/C20H26FN3O3S2/c1-15-14-28-19(23-15)6-2-3-11-22-20(25)16-5-4-12-24(13-16)29(26,27)18-9-7-17(21)8-10-18/h7-10,14,16H,2-6,11-13H2,1H3,(H,22,25). The number of aryl methyl sites for hydroxylation is 2. The van der Waals surface area contributed by atoms with E-state index in [4.69, 9.17) is 0 Å². The summed E-state index contributed by atoms with van der Waals surface area (Å²) >= 11 is 1.66. The number of carbonyl (C=O) groups is 1. The van der Waals surface area contributed by atoms with E-state index in [0.717, 1.165) is 42.1 Å². The van der Waals surface area contributed by atoms with Crippen molar-refractivity contribution in [2.45, 2.75) is 43.9 Å². The van der Waals surface area contributed by atoms with Crippen molar-refractivity contribution in [1.82, 2.24) is 14.6 Å². The lowest BCUT2D eigenvalue weighted by atomic mass is 9.99. The minimum Gasteiger partial charge on any atom is -0.356 e. The van der Waals surface area contributed by atoms with Gasteiger partial charge in [0.2, 0.25) is 15.9 Å². The van der Waals surface area contributed by atoms with Crippen LogP contribution in [0, 0.1) is 18.7 Å². The fraction of sp³-hybridized carbons (Fsp3) is 0.500. The third-order valence-electron chi connectivity index (χ3n) is 4.99. The molecule has 1 aliphatic heterocycles. The van der Waals surface area contributed by atoms with Crippen LogP contribution in [-0.2, 0) is 21.2 Å². The summed E-state index contributed by atoms with van der Waals surface area (Å²) in [6.07, 6.45) is 4.00. The number of nitrogens with one attached hydrogen (secondary N) is 1. The van der Waals surface area contributed by atoms with Crippen molar-refractivity contribution in [3.05, 3.63) is 46.2 Å². The van der Waals surface area contributed by atoms with Crippen LogP contribution in [0.15, 0.2) is 34.5 Å². The molecule has 2 heterocycles. The Morgan fingerprint density at radius 3 is 2.76 bits per heavy atom. The number of unbranched alkanes of at least 4 members (excludes halogenated alkanes) is 1. The predicted molar refractivity (Wildman–Crippen MR) is 111 cm³/mol. The van der Waals surface area contributed by atoms with Crippen LogP contribution in [-0.4, -0.2) is 43.2 Å². The van der Waals surface area contributed by atoms with Gasteiger partial charge in [0.1, 0.15) is 5.82 Å². The molecular formula is C20H26FN3O3S2. The zero-order chi connectivity index (χ0) is 20.9. The molecule has 1 aromatic heterocycles. The van der Waals surface area contributed by atoms with Gasteiger partial charge in [-0.15, -0.1) is 11.3 Å². The lowest BCUT2D eigenvalue weighted by Gasteiger charge is -2.31. The third kappa shape index (κ3) is 5.83. The van der Waals surface area contributed by atoms with Gasteiger partial charge >= 0.3 is 0 Å². The number of halogens is 1. The maximum absolute atomic E-state index is 13.1. The van der Waals surface area contributed by atoms with Crippen molar-refractivity contribution in [2.75, 3.05) is 19.6 Å². The molecule has 1 fully saturated rings. The summed E-state index contributed by atoms with van der Waals surface area (Å²) in [4.78, 5) is 17.0. The van der Waals surface area contributed by atoms with Gasteiger partial charge in [0.05, 0.1) is 15.8 Å². The van der Waals surface area contributed by atoms with E-state index in [1.807, 2.05) is 12.3 Å². The Balaban J connectivity index is 1.46. The first-order valence-corrected chi connectivity index (χ1v) is 12.1. The number of hydrogen-bond acceptors (Lipinski definition) is 5. The number of aromatic nitrogens is 1. The van der Waals surface area contributed by atoms with Gasteiger partial charge in [0.15, 0.2) is 0 Å². The average molecular weight is 440 g/mol. The highest BCUT2D eigenvalue weighted by atomic mass is 32.2. The molecular weight excluding hydrogens is 413 g/mol. The van der Waals surface area contributed by atoms with Crippen LogP contribution in [0.4, 0.5) is 4.39 Å². The van der Waals surface area contributed by atoms with Gasteiger partial charge in [-0.2, -0.15) is 4.31 Å². The number of sulfonamides is 1. The molecule has 2 aromatic rings. The van der Waals surface area contributed by atoms with Crippen LogP contribution in [0.5, 0.6) is 0 Å². The molecule has 6 nitrogen and oxygen atoms in total. The van der Waals surface area contributed by atoms with Crippen molar-refractivity contribution >= 4 is 27.3 Å². The van der Waals surface area contributed by atoms with Crippen molar-refractivity contribution in [3.8, 4) is 0 Å². The number of benzene rings is 1. The summed E-state index contributed by atoms with van der Waals surface area (Å²) < 4.78 is 40.0. The predicted octanol–water partition coefficient (Wildman–Crippen LogP) is 3.13. The molecule has 0 saturated carbocycles. The Morgan fingerprint density at radius 1 is 1.31 bits per heavy atom. The average Bonchev–Trinajstić information content (AvgIpc) is 3.13. The lowest BCUT2D eigenvalue weighted by molar-refractivity contribution is -0.126. The number of amides is 1. The Kier molecular flexibility index (Phi) is 7.37. The maximum Gasteiger partial charge on any atom is 0.243 e. The van der Waals surface area contributed by atoms with Gasteiger partial charge in [0, 0.05) is 30.7 Å². The first-order chi connectivity index (χ1) is 13.9. The van der Waals surface area contributed by atoms with Crippen LogP contribution >= 0.6 is 11.3 Å². The molecule has 0 bridgehead atoms. The Labute approximate surface area is 175 Å². The molecule has 1 unspecified atom stereocenters. The van der Waals surface area contributed by atoms with Crippen molar-refractivity contribution in [1.29, 1.82) is 0 Å². The van der Waals surface area contributed by atoms with Crippen LogP contribution < -0.4 is 5.32 Å². The van der Waals surface area contributed by atoms with Crippen LogP contribution in [0.1, 0.15) is 36.4 Å². The van der Waals surface area contributed by atoms with E-state index in [9.17, 15) is 17.6 Å². The summed E-state index contributed by atoms with van der Waals surface area (Å²) in [6, 6.07) is 4.79. The summed E-state index contributed by atoms with van der Waals surface area (Å²) in [6.45, 7) is 3.08.